The van der Waals surface area contributed by atoms with E-state index in [-0.39, 0.29) is 12.4 Å². The van der Waals surface area contributed by atoms with Crippen molar-refractivity contribution in [3.05, 3.63) is 83.9 Å². The van der Waals surface area contributed by atoms with Crippen molar-refractivity contribution >= 4 is 17.6 Å². The maximum absolute atomic E-state index is 12.6. The number of esters is 1. The topological polar surface area (TPSA) is 77.8 Å². The summed E-state index contributed by atoms with van der Waals surface area (Å²) < 4.78 is 22.2. The van der Waals surface area contributed by atoms with Crippen LogP contribution in [0.1, 0.15) is 11.1 Å². The second kappa shape index (κ2) is 9.06. The Kier molecular flexibility index (Phi) is 5.86. The van der Waals surface area contributed by atoms with E-state index in [1.165, 1.54) is 7.11 Å². The van der Waals surface area contributed by atoms with Crippen molar-refractivity contribution in [1.29, 1.82) is 5.26 Å². The summed E-state index contributed by atoms with van der Waals surface area (Å²) in [5.41, 5.74) is 2.07. The van der Waals surface area contributed by atoms with Gasteiger partial charge in [0.2, 0.25) is 6.10 Å². The predicted octanol–water partition coefficient (Wildman–Crippen LogP) is 4.50. The summed E-state index contributed by atoms with van der Waals surface area (Å²) in [6.07, 6.45) is 0.862. The molecule has 1 aliphatic heterocycles. The fraction of sp³-hybridized carbons (Fsp3) is 0.120. The van der Waals surface area contributed by atoms with Crippen LogP contribution in [0.25, 0.3) is 11.6 Å². The monoisotopic (exact) mass is 413 g/mol. The van der Waals surface area contributed by atoms with Crippen molar-refractivity contribution in [3.8, 4) is 29.1 Å². The van der Waals surface area contributed by atoms with Crippen LogP contribution in [0.2, 0.25) is 0 Å². The first kappa shape index (κ1) is 20.0. The van der Waals surface area contributed by atoms with Crippen LogP contribution < -0.4 is 18.9 Å². The second-order valence-electron chi connectivity index (χ2n) is 6.73. The Hall–Kier alpha value is -4.24. The molecule has 1 aliphatic rings. The van der Waals surface area contributed by atoms with E-state index in [0.29, 0.717) is 22.8 Å². The molecule has 0 amide bonds. The highest BCUT2D eigenvalue weighted by Gasteiger charge is 2.29. The number of methoxy groups -OCH3 is 1. The van der Waals surface area contributed by atoms with Gasteiger partial charge in [-0.25, -0.2) is 4.79 Å². The molecule has 0 radical (unpaired) electrons. The lowest BCUT2D eigenvalue weighted by Crippen LogP contribution is -2.39. The van der Waals surface area contributed by atoms with E-state index >= 15 is 0 Å². The molecule has 0 N–H and O–H groups in total. The summed E-state index contributed by atoms with van der Waals surface area (Å²) in [6.45, 7) is 0.0571. The van der Waals surface area contributed by atoms with Crippen LogP contribution in [-0.4, -0.2) is 25.8 Å². The molecule has 6 nitrogen and oxygen atoms in total. The first-order valence-corrected chi connectivity index (χ1v) is 9.63. The third kappa shape index (κ3) is 4.51. The summed E-state index contributed by atoms with van der Waals surface area (Å²) in [4.78, 5) is 12.6. The molecule has 31 heavy (non-hydrogen) atoms. The minimum absolute atomic E-state index is 0.0571. The number of hydrogen-bond donors (Lipinski definition) is 0. The number of fused-ring (bicyclic) bond motifs is 1. The number of nitriles is 1. The molecule has 0 saturated carbocycles. The number of allylic oxidation sites excluding steroid dienone is 1. The van der Waals surface area contributed by atoms with Gasteiger partial charge in [-0.15, -0.1) is 0 Å². The molecule has 0 aliphatic carbocycles. The Morgan fingerprint density at radius 1 is 1.03 bits per heavy atom. The Morgan fingerprint density at radius 2 is 1.77 bits per heavy atom. The smallest absolute Gasteiger partial charge is 0.356 e. The minimum atomic E-state index is -0.887. The Balaban J connectivity index is 1.52. The van der Waals surface area contributed by atoms with Gasteiger partial charge in [0.25, 0.3) is 0 Å². The number of benzene rings is 3. The van der Waals surface area contributed by atoms with Gasteiger partial charge in [0.1, 0.15) is 6.61 Å². The van der Waals surface area contributed by atoms with Gasteiger partial charge in [-0.05, 0) is 41.5 Å². The lowest BCUT2D eigenvalue weighted by molar-refractivity contribution is -0.144. The van der Waals surface area contributed by atoms with Gasteiger partial charge in [0.05, 0.1) is 18.8 Å². The molecule has 0 saturated heterocycles. The van der Waals surface area contributed by atoms with Gasteiger partial charge in [-0.1, -0.05) is 48.5 Å². The van der Waals surface area contributed by atoms with Crippen LogP contribution in [0.3, 0.4) is 0 Å². The number of rotatable bonds is 5. The summed E-state index contributed by atoms with van der Waals surface area (Å²) >= 11 is 0. The van der Waals surface area contributed by atoms with Crippen molar-refractivity contribution in [2.24, 2.45) is 0 Å². The van der Waals surface area contributed by atoms with E-state index in [9.17, 15) is 10.1 Å². The van der Waals surface area contributed by atoms with Gasteiger partial charge in [0, 0.05) is 0 Å². The molecule has 3 aromatic rings. The van der Waals surface area contributed by atoms with Crippen molar-refractivity contribution in [2.75, 3.05) is 13.7 Å². The maximum Gasteiger partial charge on any atom is 0.356 e. The summed E-state index contributed by atoms with van der Waals surface area (Å²) in [6, 6.07) is 23.8. The molecule has 0 spiro atoms. The van der Waals surface area contributed by atoms with Gasteiger partial charge in [0.15, 0.2) is 23.0 Å². The fourth-order valence-corrected chi connectivity index (χ4v) is 3.13. The number of carbonyl (C=O) groups is 1. The molecular formula is C25H19NO5. The zero-order valence-corrected chi connectivity index (χ0v) is 16.8. The Labute approximate surface area is 179 Å². The summed E-state index contributed by atoms with van der Waals surface area (Å²) in [5.74, 6) is 1.12. The zero-order valence-electron chi connectivity index (χ0n) is 16.8. The molecule has 6 heteroatoms. The molecule has 1 heterocycles. The van der Waals surface area contributed by atoms with Crippen molar-refractivity contribution in [2.45, 2.75) is 6.10 Å². The molecule has 1 unspecified atom stereocenters. The normalized spacial score (nSPS) is 15.0. The van der Waals surface area contributed by atoms with E-state index in [1.54, 1.807) is 42.5 Å². The largest absolute Gasteiger partial charge is 0.493 e. The van der Waals surface area contributed by atoms with Crippen molar-refractivity contribution < 1.29 is 23.7 Å². The predicted molar refractivity (Wildman–Crippen MR) is 115 cm³/mol. The van der Waals surface area contributed by atoms with Crippen LogP contribution in [-0.2, 0) is 4.79 Å². The SMILES string of the molecule is COc1cc(/C=C(\C#N)c2ccccc2)ccc1OC(=O)C1COc2ccccc2O1. The van der Waals surface area contributed by atoms with Crippen molar-refractivity contribution in [3.63, 3.8) is 0 Å². The summed E-state index contributed by atoms with van der Waals surface area (Å²) in [7, 11) is 1.49. The standard InChI is InChI=1S/C25H19NO5/c1-28-23-14-17(13-19(15-26)18-7-3-2-4-8-18)11-12-22(23)31-25(27)24-16-29-20-9-5-6-10-21(20)30-24/h2-14,24H,16H2,1H3/b19-13+. The van der Waals surface area contributed by atoms with E-state index in [4.69, 9.17) is 18.9 Å². The minimum Gasteiger partial charge on any atom is -0.493 e. The number of ether oxygens (including phenoxy) is 4. The number of nitrogens with zero attached hydrogens (tertiary/aromatic N) is 1. The average molecular weight is 413 g/mol. The average Bonchev–Trinajstić information content (AvgIpc) is 2.83. The lowest BCUT2D eigenvalue weighted by atomic mass is 10.0. The molecule has 154 valence electrons. The van der Waals surface area contributed by atoms with Crippen LogP contribution >= 0.6 is 0 Å². The van der Waals surface area contributed by atoms with Crippen molar-refractivity contribution in [1.82, 2.24) is 0 Å². The first-order chi connectivity index (χ1) is 15.2. The van der Waals surface area contributed by atoms with Crippen LogP contribution in [0.5, 0.6) is 23.0 Å². The molecule has 0 bridgehead atoms. The third-order valence-electron chi connectivity index (χ3n) is 4.69. The van der Waals surface area contributed by atoms with Gasteiger partial charge < -0.3 is 18.9 Å². The zero-order chi connectivity index (χ0) is 21.6. The van der Waals surface area contributed by atoms with Crippen LogP contribution in [0, 0.1) is 11.3 Å². The number of carbonyl (C=O) groups excluding carboxylic acids is 1. The number of hydrogen-bond acceptors (Lipinski definition) is 6. The first-order valence-electron chi connectivity index (χ1n) is 9.63. The second-order valence-corrected chi connectivity index (χ2v) is 6.73. The van der Waals surface area contributed by atoms with E-state index in [2.05, 4.69) is 6.07 Å². The third-order valence-corrected chi connectivity index (χ3v) is 4.69. The van der Waals surface area contributed by atoms with E-state index < -0.39 is 12.1 Å². The quantitative estimate of drug-likeness (QED) is 0.265. The molecule has 0 fully saturated rings. The molecule has 4 rings (SSSR count). The fourth-order valence-electron chi connectivity index (χ4n) is 3.13. The van der Waals surface area contributed by atoms with Gasteiger partial charge in [-0.3, -0.25) is 0 Å². The highest BCUT2D eigenvalue weighted by molar-refractivity contribution is 5.90. The Morgan fingerprint density at radius 3 is 2.52 bits per heavy atom. The molecule has 0 aromatic heterocycles. The highest BCUT2D eigenvalue weighted by Crippen LogP contribution is 2.33. The lowest BCUT2D eigenvalue weighted by Gasteiger charge is -2.25. The maximum atomic E-state index is 12.6. The molecule has 3 aromatic carbocycles. The van der Waals surface area contributed by atoms with Gasteiger partial charge >= 0.3 is 5.97 Å². The Bertz CT molecular complexity index is 1160. The molecule has 1 atom stereocenters. The van der Waals surface area contributed by atoms with E-state index in [1.807, 2.05) is 36.4 Å². The summed E-state index contributed by atoms with van der Waals surface area (Å²) in [5, 5.41) is 9.51. The van der Waals surface area contributed by atoms with Crippen LogP contribution in [0.15, 0.2) is 72.8 Å². The molecular weight excluding hydrogens is 394 g/mol. The van der Waals surface area contributed by atoms with E-state index in [0.717, 1.165) is 11.1 Å². The number of para-hydroxylation sites is 2. The highest BCUT2D eigenvalue weighted by atomic mass is 16.6. The van der Waals surface area contributed by atoms with Crippen LogP contribution in [0.4, 0.5) is 0 Å². The van der Waals surface area contributed by atoms with Gasteiger partial charge in [-0.2, -0.15) is 5.26 Å².